The first-order valence-electron chi connectivity index (χ1n) is 6.78. The molecule has 9 heteroatoms. The summed E-state index contributed by atoms with van der Waals surface area (Å²) in [5, 5.41) is 0.390. The third-order valence-corrected chi connectivity index (χ3v) is 4.18. The van der Waals surface area contributed by atoms with Gasteiger partial charge < -0.3 is 9.47 Å². The van der Waals surface area contributed by atoms with Crippen LogP contribution in [-0.2, 0) is 9.59 Å². The fourth-order valence-corrected chi connectivity index (χ4v) is 2.48. The lowest BCUT2D eigenvalue weighted by Gasteiger charge is -2.08. The molecular formula is C16H9Cl4FO4. The molecule has 2 rings (SSSR count). The van der Waals surface area contributed by atoms with Gasteiger partial charge in [-0.25, -0.2) is 4.39 Å². The van der Waals surface area contributed by atoms with Crippen LogP contribution in [0, 0.1) is 5.82 Å². The minimum absolute atomic E-state index is 0.00609. The van der Waals surface area contributed by atoms with Crippen LogP contribution < -0.4 is 9.47 Å². The van der Waals surface area contributed by atoms with E-state index in [2.05, 4.69) is 0 Å². The number of benzene rings is 2. The van der Waals surface area contributed by atoms with Crippen molar-refractivity contribution in [1.29, 1.82) is 0 Å². The molecule has 0 radical (unpaired) electrons. The van der Waals surface area contributed by atoms with Gasteiger partial charge in [-0.1, -0.05) is 52.5 Å². The van der Waals surface area contributed by atoms with Gasteiger partial charge in [0.2, 0.25) is 0 Å². The van der Waals surface area contributed by atoms with Crippen LogP contribution in [0.4, 0.5) is 4.39 Å². The fraction of sp³-hybridized carbons (Fsp3) is 0.125. The van der Waals surface area contributed by atoms with Crippen LogP contribution in [-0.4, -0.2) is 11.9 Å². The summed E-state index contributed by atoms with van der Waals surface area (Å²) in [6.07, 6.45) is -0.663. The summed E-state index contributed by atoms with van der Waals surface area (Å²) in [6, 6.07) is 6.43. The summed E-state index contributed by atoms with van der Waals surface area (Å²) in [5.74, 6) is -2.77. The number of para-hydroxylation sites is 1. The van der Waals surface area contributed by atoms with Crippen molar-refractivity contribution in [3.05, 3.63) is 56.2 Å². The lowest BCUT2D eigenvalue weighted by Crippen LogP contribution is -2.15. The Morgan fingerprint density at radius 1 is 0.840 bits per heavy atom. The van der Waals surface area contributed by atoms with Crippen molar-refractivity contribution in [2.75, 3.05) is 0 Å². The van der Waals surface area contributed by atoms with Gasteiger partial charge in [-0.05, 0) is 18.2 Å². The Kier molecular flexibility index (Phi) is 6.90. The molecule has 132 valence electrons. The van der Waals surface area contributed by atoms with Crippen LogP contribution in [0.25, 0.3) is 0 Å². The van der Waals surface area contributed by atoms with Crippen LogP contribution in [0.2, 0.25) is 20.1 Å². The first-order valence-corrected chi connectivity index (χ1v) is 8.29. The highest BCUT2D eigenvalue weighted by Crippen LogP contribution is 2.34. The van der Waals surface area contributed by atoms with Crippen molar-refractivity contribution >= 4 is 58.3 Å². The standard InChI is InChI=1S/C16H9Cl4FO4/c17-8-2-1-3-12(21)16(8)25-15(23)5-4-14(22)24-13-7-10(19)9(18)6-11(13)20/h1-3,6-7H,4-5H2. The predicted octanol–water partition coefficient (Wildman–Crippen LogP) is 5.73. The number of esters is 2. The van der Waals surface area contributed by atoms with Crippen LogP contribution in [0.3, 0.4) is 0 Å². The van der Waals surface area contributed by atoms with Gasteiger partial charge in [0.05, 0.1) is 32.9 Å². The molecule has 0 saturated carbocycles. The average molecular weight is 426 g/mol. The molecule has 0 unspecified atom stereocenters. The van der Waals surface area contributed by atoms with E-state index in [1.165, 1.54) is 24.3 Å². The molecule has 0 fully saturated rings. The quantitative estimate of drug-likeness (QED) is 0.348. The molecule has 0 aliphatic carbocycles. The van der Waals surface area contributed by atoms with E-state index < -0.39 is 23.5 Å². The zero-order valence-corrected chi connectivity index (χ0v) is 15.3. The van der Waals surface area contributed by atoms with Gasteiger partial charge in [-0.3, -0.25) is 9.59 Å². The van der Waals surface area contributed by atoms with Crippen LogP contribution >= 0.6 is 46.4 Å². The highest BCUT2D eigenvalue weighted by atomic mass is 35.5. The second-order valence-electron chi connectivity index (χ2n) is 4.70. The Morgan fingerprint density at radius 3 is 2.08 bits per heavy atom. The summed E-state index contributed by atoms with van der Waals surface area (Å²) in [7, 11) is 0. The molecule has 2 aromatic carbocycles. The molecule has 0 heterocycles. The highest BCUT2D eigenvalue weighted by molar-refractivity contribution is 6.43. The topological polar surface area (TPSA) is 52.6 Å². The maximum atomic E-state index is 13.5. The highest BCUT2D eigenvalue weighted by Gasteiger charge is 2.16. The van der Waals surface area contributed by atoms with E-state index in [4.69, 9.17) is 55.9 Å². The molecule has 0 aromatic heterocycles. The molecular weight excluding hydrogens is 417 g/mol. The number of hydrogen-bond donors (Lipinski definition) is 0. The Labute approximate surface area is 162 Å². The third-order valence-electron chi connectivity index (χ3n) is 2.87. The van der Waals surface area contributed by atoms with Gasteiger partial charge in [0.1, 0.15) is 0 Å². The molecule has 0 amide bonds. The van der Waals surface area contributed by atoms with Gasteiger partial charge in [0.15, 0.2) is 17.3 Å². The van der Waals surface area contributed by atoms with Gasteiger partial charge in [-0.2, -0.15) is 0 Å². The van der Waals surface area contributed by atoms with Crippen LogP contribution in [0.1, 0.15) is 12.8 Å². The van der Waals surface area contributed by atoms with E-state index in [0.29, 0.717) is 0 Å². The van der Waals surface area contributed by atoms with Gasteiger partial charge in [0, 0.05) is 6.07 Å². The molecule has 0 saturated heterocycles. The lowest BCUT2D eigenvalue weighted by atomic mass is 10.3. The molecule has 25 heavy (non-hydrogen) atoms. The molecule has 0 bridgehead atoms. The van der Waals surface area contributed by atoms with E-state index in [1.807, 2.05) is 0 Å². The molecule has 0 aliphatic heterocycles. The molecule has 4 nitrogen and oxygen atoms in total. The molecule has 0 aliphatic rings. The zero-order chi connectivity index (χ0) is 18.6. The molecule has 0 spiro atoms. The smallest absolute Gasteiger partial charge is 0.311 e. The van der Waals surface area contributed by atoms with Crippen molar-refractivity contribution in [2.24, 2.45) is 0 Å². The summed E-state index contributed by atoms with van der Waals surface area (Å²) in [5.41, 5.74) is 0. The van der Waals surface area contributed by atoms with E-state index in [1.54, 1.807) is 0 Å². The Balaban J connectivity index is 1.92. The predicted molar refractivity (Wildman–Crippen MR) is 93.4 cm³/mol. The van der Waals surface area contributed by atoms with Gasteiger partial charge in [-0.15, -0.1) is 0 Å². The molecule has 2 aromatic rings. The first-order chi connectivity index (χ1) is 11.8. The molecule has 0 N–H and O–H groups in total. The average Bonchev–Trinajstić information content (AvgIpc) is 2.54. The third kappa shape index (κ3) is 5.47. The van der Waals surface area contributed by atoms with Crippen molar-refractivity contribution < 1.29 is 23.5 Å². The van der Waals surface area contributed by atoms with Crippen molar-refractivity contribution in [1.82, 2.24) is 0 Å². The minimum Gasteiger partial charge on any atom is -0.425 e. The molecule has 0 atom stereocenters. The maximum Gasteiger partial charge on any atom is 0.311 e. The Hall–Kier alpha value is -1.53. The van der Waals surface area contributed by atoms with E-state index in [0.717, 1.165) is 6.07 Å². The Morgan fingerprint density at radius 2 is 1.44 bits per heavy atom. The summed E-state index contributed by atoms with van der Waals surface area (Å²) in [4.78, 5) is 23.5. The number of carbonyl (C=O) groups excluding carboxylic acids is 2. The van der Waals surface area contributed by atoms with Crippen LogP contribution in [0.15, 0.2) is 30.3 Å². The number of hydrogen-bond acceptors (Lipinski definition) is 4. The van der Waals surface area contributed by atoms with E-state index >= 15 is 0 Å². The van der Waals surface area contributed by atoms with E-state index in [9.17, 15) is 14.0 Å². The normalized spacial score (nSPS) is 10.4. The lowest BCUT2D eigenvalue weighted by molar-refractivity contribution is -0.140. The first kappa shape index (κ1) is 19.8. The van der Waals surface area contributed by atoms with Crippen molar-refractivity contribution in [2.45, 2.75) is 12.8 Å². The monoisotopic (exact) mass is 424 g/mol. The SMILES string of the molecule is O=C(CCC(=O)Oc1c(F)cccc1Cl)Oc1cc(Cl)c(Cl)cc1Cl. The largest absolute Gasteiger partial charge is 0.425 e. The van der Waals surface area contributed by atoms with Gasteiger partial charge >= 0.3 is 11.9 Å². The number of carbonyl (C=O) groups is 2. The number of ether oxygens (including phenoxy) is 2. The maximum absolute atomic E-state index is 13.5. The zero-order valence-electron chi connectivity index (χ0n) is 12.3. The van der Waals surface area contributed by atoms with Crippen molar-refractivity contribution in [3.8, 4) is 11.5 Å². The summed E-state index contributed by atoms with van der Waals surface area (Å²) in [6.45, 7) is 0. The van der Waals surface area contributed by atoms with Crippen molar-refractivity contribution in [3.63, 3.8) is 0 Å². The van der Waals surface area contributed by atoms with Gasteiger partial charge in [0.25, 0.3) is 0 Å². The summed E-state index contributed by atoms with van der Waals surface area (Å²) < 4.78 is 23.3. The fourth-order valence-electron chi connectivity index (χ4n) is 1.71. The minimum atomic E-state index is -0.843. The second kappa shape index (κ2) is 8.72. The Bertz CT molecular complexity index is 806. The summed E-state index contributed by atoms with van der Waals surface area (Å²) >= 11 is 23.2. The van der Waals surface area contributed by atoms with Crippen LogP contribution in [0.5, 0.6) is 11.5 Å². The number of rotatable bonds is 5. The van der Waals surface area contributed by atoms with E-state index in [-0.39, 0.29) is 38.7 Å². The second-order valence-corrected chi connectivity index (χ2v) is 6.32. The number of halogens is 5.